The minimum absolute atomic E-state index is 0.00410. The highest BCUT2D eigenvalue weighted by molar-refractivity contribution is 8.01. The van der Waals surface area contributed by atoms with Gasteiger partial charge in [-0.1, -0.05) is 89.7 Å². The van der Waals surface area contributed by atoms with Crippen LogP contribution in [0.5, 0.6) is 5.75 Å². The van der Waals surface area contributed by atoms with E-state index in [1.807, 2.05) is 0 Å². The Bertz CT molecular complexity index is 894. The van der Waals surface area contributed by atoms with E-state index in [0.29, 0.717) is 6.42 Å². The summed E-state index contributed by atoms with van der Waals surface area (Å²) in [6.45, 7) is 2.20. The lowest BCUT2D eigenvalue weighted by Gasteiger charge is -2.18. The second-order valence-corrected chi connectivity index (χ2v) is 10.7. The second-order valence-electron chi connectivity index (χ2n) is 8.00. The quantitative estimate of drug-likeness (QED) is 0.224. The Labute approximate surface area is 192 Å². The number of ether oxygens (including phenoxy) is 1. The van der Waals surface area contributed by atoms with Gasteiger partial charge in [0, 0.05) is 0 Å². The molecular formula is C22H36O8S2. The summed E-state index contributed by atoms with van der Waals surface area (Å²) in [5.74, 6) is -0.351. The Morgan fingerprint density at radius 1 is 0.812 bits per heavy atom. The van der Waals surface area contributed by atoms with E-state index in [0.717, 1.165) is 31.7 Å². The zero-order chi connectivity index (χ0) is 24.0. The van der Waals surface area contributed by atoms with Crippen molar-refractivity contribution in [2.45, 2.75) is 101 Å². The predicted molar refractivity (Wildman–Crippen MR) is 123 cm³/mol. The number of carbonyl (C=O) groups excluding carboxylic acids is 1. The van der Waals surface area contributed by atoms with Gasteiger partial charge in [-0.25, -0.2) is 0 Å². The molecule has 0 saturated heterocycles. The van der Waals surface area contributed by atoms with Gasteiger partial charge in [0.2, 0.25) is 0 Å². The highest BCUT2D eigenvalue weighted by atomic mass is 32.2. The maximum atomic E-state index is 12.1. The summed E-state index contributed by atoms with van der Waals surface area (Å²) in [6.07, 6.45) is 11.5. The Morgan fingerprint density at radius 2 is 1.28 bits per heavy atom. The molecule has 10 heteroatoms. The lowest BCUT2D eigenvalue weighted by molar-refractivity contribution is -0.118. The minimum atomic E-state index is -5.01. The lowest BCUT2D eigenvalue weighted by atomic mass is 10.0. The van der Waals surface area contributed by atoms with Crippen LogP contribution in [0, 0.1) is 0 Å². The normalized spacial score (nSPS) is 13.1. The van der Waals surface area contributed by atoms with Gasteiger partial charge in [-0.2, -0.15) is 16.8 Å². The molecule has 8 nitrogen and oxygen atoms in total. The van der Waals surface area contributed by atoms with Crippen LogP contribution in [0.4, 0.5) is 0 Å². The Morgan fingerprint density at radius 3 is 1.75 bits per heavy atom. The van der Waals surface area contributed by atoms with Gasteiger partial charge in [0.25, 0.3) is 10.1 Å². The molecule has 0 bridgehead atoms. The topological polar surface area (TPSA) is 135 Å². The van der Waals surface area contributed by atoms with E-state index in [4.69, 9.17) is 9.29 Å². The average molecular weight is 493 g/mol. The lowest BCUT2D eigenvalue weighted by Crippen LogP contribution is -2.33. The van der Waals surface area contributed by atoms with Crippen LogP contribution in [0.1, 0.15) is 90.4 Å². The molecule has 0 aliphatic heterocycles. The summed E-state index contributed by atoms with van der Waals surface area (Å²) in [7, 11) is -9.65. The van der Waals surface area contributed by atoms with Gasteiger partial charge < -0.3 is 4.74 Å². The van der Waals surface area contributed by atoms with E-state index in [-0.39, 0.29) is 12.2 Å². The molecule has 184 valence electrons. The largest absolute Gasteiger partial charge is 0.480 e. The van der Waals surface area contributed by atoms with Gasteiger partial charge in [-0.05, 0) is 25.0 Å². The standard InChI is InChI=1S/C22H36O8S2/c1-2-3-4-5-6-7-8-9-10-11-12-13-17-20(22(23)32(27,28)29)30-19-16-14-15-18-21(19)31(24,25)26/h14-16,18,20H,2-13,17H2,1H3,(H,24,25,26)(H,27,28,29). The summed E-state index contributed by atoms with van der Waals surface area (Å²) in [4.78, 5) is 11.5. The highest BCUT2D eigenvalue weighted by Gasteiger charge is 2.32. The third-order valence-electron chi connectivity index (χ3n) is 5.23. The molecule has 0 fully saturated rings. The van der Waals surface area contributed by atoms with Crippen LogP contribution in [-0.2, 0) is 25.0 Å². The molecule has 0 amide bonds. The Kier molecular flexibility index (Phi) is 13.0. The van der Waals surface area contributed by atoms with E-state index in [1.54, 1.807) is 0 Å². The maximum Gasteiger partial charge on any atom is 0.332 e. The molecule has 32 heavy (non-hydrogen) atoms. The highest BCUT2D eigenvalue weighted by Crippen LogP contribution is 2.26. The summed E-state index contributed by atoms with van der Waals surface area (Å²) in [5.41, 5.74) is 0. The van der Waals surface area contributed by atoms with Crippen LogP contribution in [-0.4, -0.2) is 37.2 Å². The van der Waals surface area contributed by atoms with Gasteiger partial charge in [-0.15, -0.1) is 0 Å². The number of benzene rings is 1. The first kappa shape index (κ1) is 28.5. The summed E-state index contributed by atoms with van der Waals surface area (Å²) >= 11 is 0. The van der Waals surface area contributed by atoms with Crippen molar-refractivity contribution in [3.8, 4) is 5.75 Å². The van der Waals surface area contributed by atoms with Crippen LogP contribution in [0.25, 0.3) is 0 Å². The van der Waals surface area contributed by atoms with E-state index in [1.165, 1.54) is 63.1 Å². The molecule has 1 atom stereocenters. The number of hydrogen-bond acceptors (Lipinski definition) is 6. The van der Waals surface area contributed by atoms with Crippen molar-refractivity contribution in [1.29, 1.82) is 0 Å². The summed E-state index contributed by atoms with van der Waals surface area (Å²) < 4.78 is 69.4. The number of unbranched alkanes of at least 4 members (excludes halogenated alkanes) is 11. The molecule has 1 rings (SSSR count). The molecule has 1 unspecified atom stereocenters. The monoisotopic (exact) mass is 492 g/mol. The van der Waals surface area contributed by atoms with E-state index >= 15 is 0 Å². The molecule has 0 aliphatic carbocycles. The molecule has 1 aromatic carbocycles. The number of para-hydroxylation sites is 1. The number of rotatable bonds is 17. The second kappa shape index (κ2) is 14.6. The number of hydrogen-bond donors (Lipinski definition) is 2. The summed E-state index contributed by atoms with van der Waals surface area (Å²) in [6, 6.07) is 5.04. The van der Waals surface area contributed by atoms with Crippen LogP contribution in [0.2, 0.25) is 0 Å². The van der Waals surface area contributed by atoms with E-state index < -0.39 is 36.4 Å². The minimum Gasteiger partial charge on any atom is -0.480 e. The Balaban J connectivity index is 2.50. The first-order valence-electron chi connectivity index (χ1n) is 11.3. The van der Waals surface area contributed by atoms with E-state index in [9.17, 15) is 26.2 Å². The predicted octanol–water partition coefficient (Wildman–Crippen LogP) is 5.19. The fourth-order valence-electron chi connectivity index (χ4n) is 3.48. The van der Waals surface area contributed by atoms with Crippen LogP contribution in [0.15, 0.2) is 29.2 Å². The van der Waals surface area contributed by atoms with Gasteiger partial charge in [0.05, 0.1) is 0 Å². The van der Waals surface area contributed by atoms with Crippen molar-refractivity contribution in [3.05, 3.63) is 24.3 Å². The smallest absolute Gasteiger partial charge is 0.332 e. The molecule has 0 heterocycles. The van der Waals surface area contributed by atoms with Crippen molar-refractivity contribution in [3.63, 3.8) is 0 Å². The average Bonchev–Trinajstić information content (AvgIpc) is 2.72. The van der Waals surface area contributed by atoms with Crippen molar-refractivity contribution in [2.24, 2.45) is 0 Å². The van der Waals surface area contributed by atoms with Crippen molar-refractivity contribution in [1.82, 2.24) is 0 Å². The molecule has 2 N–H and O–H groups in total. The van der Waals surface area contributed by atoms with Gasteiger partial charge in [0.1, 0.15) is 10.6 Å². The summed E-state index contributed by atoms with van der Waals surface area (Å²) in [5, 5.41) is -1.54. The maximum absolute atomic E-state index is 12.1. The van der Waals surface area contributed by atoms with Crippen molar-refractivity contribution < 1.29 is 35.5 Å². The fraction of sp³-hybridized carbons (Fsp3) is 0.682. The Hall–Kier alpha value is -1.49. The molecule has 0 aromatic heterocycles. The van der Waals surface area contributed by atoms with Crippen molar-refractivity contribution in [2.75, 3.05) is 0 Å². The van der Waals surface area contributed by atoms with Gasteiger partial charge >= 0.3 is 15.2 Å². The molecular weight excluding hydrogens is 456 g/mol. The van der Waals surface area contributed by atoms with Crippen molar-refractivity contribution >= 4 is 25.4 Å². The fourth-order valence-corrected chi connectivity index (χ4v) is 4.59. The van der Waals surface area contributed by atoms with Gasteiger partial charge in [0.15, 0.2) is 6.10 Å². The molecule has 0 spiro atoms. The molecule has 0 aliphatic rings. The molecule has 1 aromatic rings. The molecule has 0 saturated carbocycles. The van der Waals surface area contributed by atoms with Crippen LogP contribution < -0.4 is 4.74 Å². The third kappa shape index (κ3) is 11.4. The SMILES string of the molecule is CCCCCCCCCCCCCCC(Oc1ccccc1S(=O)(=O)O)C(=O)S(=O)(=O)O. The zero-order valence-corrected chi connectivity index (χ0v) is 20.4. The number of carbonyl (C=O) groups is 1. The van der Waals surface area contributed by atoms with Crippen LogP contribution >= 0.6 is 0 Å². The first-order chi connectivity index (χ1) is 15.1. The van der Waals surface area contributed by atoms with E-state index in [2.05, 4.69) is 6.92 Å². The third-order valence-corrected chi connectivity index (χ3v) is 6.90. The first-order valence-corrected chi connectivity index (χ1v) is 14.2. The molecule has 0 radical (unpaired) electrons. The van der Waals surface area contributed by atoms with Crippen LogP contribution in [0.3, 0.4) is 0 Å². The zero-order valence-electron chi connectivity index (χ0n) is 18.7. The van der Waals surface area contributed by atoms with Gasteiger partial charge in [-0.3, -0.25) is 13.9 Å².